The summed E-state index contributed by atoms with van der Waals surface area (Å²) in [4.78, 5) is 19.9. The van der Waals surface area contributed by atoms with E-state index in [1.807, 2.05) is 32.9 Å². The zero-order valence-electron chi connectivity index (χ0n) is 20.7. The maximum atomic E-state index is 13.7. The first-order valence-electron chi connectivity index (χ1n) is 11.7. The van der Waals surface area contributed by atoms with Gasteiger partial charge in [-0.1, -0.05) is 37.6 Å². The van der Waals surface area contributed by atoms with Crippen LogP contribution in [0.5, 0.6) is 0 Å². The third-order valence-corrected chi connectivity index (χ3v) is 7.54. The summed E-state index contributed by atoms with van der Waals surface area (Å²) >= 11 is 6.13. The van der Waals surface area contributed by atoms with E-state index in [1.165, 1.54) is 18.5 Å². The lowest BCUT2D eigenvalue weighted by Crippen LogP contribution is -2.39. The number of hydrogen-bond acceptors (Lipinski definition) is 7. The molecule has 192 valence electrons. The van der Waals surface area contributed by atoms with E-state index in [4.69, 9.17) is 21.5 Å². The van der Waals surface area contributed by atoms with Crippen molar-refractivity contribution in [3.63, 3.8) is 0 Å². The second-order valence-electron chi connectivity index (χ2n) is 9.70. The van der Waals surface area contributed by atoms with Gasteiger partial charge in [0, 0.05) is 28.4 Å². The number of hydrogen-bond donors (Lipinski definition) is 1. The molecule has 0 saturated carbocycles. The monoisotopic (exact) mass is 538 g/mol. The molecule has 0 bridgehead atoms. The molecule has 8 nitrogen and oxygen atoms in total. The minimum atomic E-state index is -3.91. The van der Waals surface area contributed by atoms with Crippen molar-refractivity contribution >= 4 is 39.5 Å². The van der Waals surface area contributed by atoms with Crippen LogP contribution in [0.15, 0.2) is 81.1 Å². The Labute approximate surface area is 221 Å². The summed E-state index contributed by atoms with van der Waals surface area (Å²) in [7, 11) is -3.91. The third kappa shape index (κ3) is 5.32. The molecule has 1 unspecified atom stereocenters. The zero-order chi connectivity index (χ0) is 27.0. The van der Waals surface area contributed by atoms with Crippen LogP contribution >= 0.6 is 11.6 Å². The quantitative estimate of drug-likeness (QED) is 0.406. The number of carbonyl (C=O) groups excluding carboxylic acids is 1. The number of Topliss-reactive ketones (excluding diaryl/α,β-unsaturated/α-hetero) is 1. The predicted molar refractivity (Wildman–Crippen MR) is 142 cm³/mol. The first-order valence-corrected chi connectivity index (χ1v) is 13.6. The molecule has 1 aliphatic heterocycles. The molecule has 0 amide bonds. The number of halogens is 1. The highest BCUT2D eigenvalue weighted by atomic mass is 35.5. The van der Waals surface area contributed by atoms with E-state index in [-0.39, 0.29) is 21.7 Å². The standard InChI is InChI=1S/C27H27ClN4O4S/c1-4-36-16-31-26-21(15-29)24(17-5-7-18(28)8-6-17)25-22(13-27(2,3)14-23(25)33)32(26)19-9-11-20(12-10-19)37(30,34)35/h5-12,16,24H,4,13-14H2,1-3H3,(H2,30,34,35). The molecule has 0 saturated heterocycles. The Kier molecular flexibility index (Phi) is 7.29. The fourth-order valence-corrected chi connectivity index (χ4v) is 5.45. The third-order valence-electron chi connectivity index (χ3n) is 6.36. The van der Waals surface area contributed by atoms with Crippen molar-refractivity contribution in [3.05, 3.63) is 81.8 Å². The molecule has 0 spiro atoms. The van der Waals surface area contributed by atoms with Gasteiger partial charge in [0.2, 0.25) is 10.0 Å². The fourth-order valence-electron chi connectivity index (χ4n) is 4.81. The number of primary sulfonamides is 1. The number of benzene rings is 2. The summed E-state index contributed by atoms with van der Waals surface area (Å²) in [5, 5.41) is 16.2. The summed E-state index contributed by atoms with van der Waals surface area (Å²) in [6.45, 7) is 6.22. The summed E-state index contributed by atoms with van der Waals surface area (Å²) in [6, 6.07) is 15.3. The number of ether oxygens (including phenoxy) is 1. The molecule has 2 N–H and O–H groups in total. The molecule has 0 radical (unpaired) electrons. The van der Waals surface area contributed by atoms with E-state index in [0.717, 1.165) is 5.56 Å². The summed E-state index contributed by atoms with van der Waals surface area (Å²) < 4.78 is 29.1. The molecular weight excluding hydrogens is 512 g/mol. The molecule has 10 heteroatoms. The van der Waals surface area contributed by atoms with Crippen LogP contribution in [-0.2, 0) is 19.6 Å². The predicted octanol–water partition coefficient (Wildman–Crippen LogP) is 5.03. The van der Waals surface area contributed by atoms with Gasteiger partial charge in [0.25, 0.3) is 0 Å². The number of nitriles is 1. The van der Waals surface area contributed by atoms with E-state index in [9.17, 15) is 18.5 Å². The van der Waals surface area contributed by atoms with Crippen molar-refractivity contribution in [1.29, 1.82) is 5.26 Å². The molecule has 2 aromatic rings. The highest BCUT2D eigenvalue weighted by Gasteiger charge is 2.45. The second kappa shape index (κ2) is 10.1. The molecular formula is C27H27ClN4O4S. The highest BCUT2D eigenvalue weighted by molar-refractivity contribution is 7.89. The van der Waals surface area contributed by atoms with Crippen LogP contribution in [0.25, 0.3) is 0 Å². The van der Waals surface area contributed by atoms with Gasteiger partial charge in [-0.15, -0.1) is 0 Å². The van der Waals surface area contributed by atoms with Crippen molar-refractivity contribution in [2.24, 2.45) is 15.5 Å². The fraction of sp³-hybridized carbons (Fsp3) is 0.296. The largest absolute Gasteiger partial charge is 0.483 e. The SMILES string of the molecule is CCOC=NC1=C(C#N)C(c2ccc(Cl)cc2)C2=C(CC(C)(C)CC2=O)N1c1ccc(S(N)(=O)=O)cc1. The highest BCUT2D eigenvalue weighted by Crippen LogP contribution is 2.51. The van der Waals surface area contributed by atoms with Crippen LogP contribution in [0.3, 0.4) is 0 Å². The number of allylic oxidation sites excluding steroid dienone is 3. The Morgan fingerprint density at radius 1 is 1.19 bits per heavy atom. The van der Waals surface area contributed by atoms with Gasteiger partial charge < -0.3 is 4.74 Å². The number of sulfonamides is 1. The van der Waals surface area contributed by atoms with E-state index in [0.29, 0.717) is 47.2 Å². The Morgan fingerprint density at radius 2 is 1.84 bits per heavy atom. The lowest BCUT2D eigenvalue weighted by Gasteiger charge is -2.43. The van der Waals surface area contributed by atoms with Crippen molar-refractivity contribution < 1.29 is 17.9 Å². The Morgan fingerprint density at radius 3 is 2.41 bits per heavy atom. The normalized spacial score (nSPS) is 19.7. The smallest absolute Gasteiger partial charge is 0.238 e. The number of nitrogens with zero attached hydrogens (tertiary/aromatic N) is 3. The van der Waals surface area contributed by atoms with Crippen LogP contribution in [0, 0.1) is 16.7 Å². The number of ketones is 1. The molecule has 2 aliphatic rings. The van der Waals surface area contributed by atoms with Crippen molar-refractivity contribution in [2.75, 3.05) is 11.5 Å². The molecule has 2 aromatic carbocycles. The second-order valence-corrected chi connectivity index (χ2v) is 11.7. The van der Waals surface area contributed by atoms with Crippen LogP contribution in [-0.4, -0.2) is 27.2 Å². The number of nitrogens with two attached hydrogens (primary N) is 1. The molecule has 37 heavy (non-hydrogen) atoms. The van der Waals surface area contributed by atoms with E-state index < -0.39 is 15.9 Å². The van der Waals surface area contributed by atoms with Crippen LogP contribution in [0.4, 0.5) is 5.69 Å². The lowest BCUT2D eigenvalue weighted by atomic mass is 9.68. The van der Waals surface area contributed by atoms with Gasteiger partial charge in [-0.3, -0.25) is 9.69 Å². The number of carbonyl (C=O) groups is 1. The van der Waals surface area contributed by atoms with Gasteiger partial charge >= 0.3 is 0 Å². The Bertz CT molecular complexity index is 1470. The number of rotatable bonds is 6. The molecule has 4 rings (SSSR count). The minimum Gasteiger partial charge on any atom is -0.483 e. The average molecular weight is 539 g/mol. The lowest BCUT2D eigenvalue weighted by molar-refractivity contribution is -0.118. The molecule has 0 aromatic heterocycles. The van der Waals surface area contributed by atoms with Gasteiger partial charge in [0.1, 0.15) is 0 Å². The zero-order valence-corrected chi connectivity index (χ0v) is 22.3. The van der Waals surface area contributed by atoms with Gasteiger partial charge in [-0.2, -0.15) is 5.26 Å². The molecule has 1 aliphatic carbocycles. The summed E-state index contributed by atoms with van der Waals surface area (Å²) in [5.74, 6) is -0.406. The van der Waals surface area contributed by atoms with Gasteiger partial charge in [-0.05, 0) is 60.7 Å². The van der Waals surface area contributed by atoms with E-state index >= 15 is 0 Å². The summed E-state index contributed by atoms with van der Waals surface area (Å²) in [5.41, 5.74) is 2.42. The Hall–Kier alpha value is -3.45. The van der Waals surface area contributed by atoms with Crippen LogP contribution < -0.4 is 10.0 Å². The minimum absolute atomic E-state index is 0.0505. The van der Waals surface area contributed by atoms with Gasteiger partial charge in [0.05, 0.1) is 29.1 Å². The van der Waals surface area contributed by atoms with Gasteiger partial charge in [-0.25, -0.2) is 18.5 Å². The average Bonchev–Trinajstić information content (AvgIpc) is 2.83. The Balaban J connectivity index is 2.02. The van der Waals surface area contributed by atoms with Crippen molar-refractivity contribution in [3.8, 4) is 6.07 Å². The van der Waals surface area contributed by atoms with E-state index in [2.05, 4.69) is 11.1 Å². The van der Waals surface area contributed by atoms with Crippen molar-refractivity contribution in [1.82, 2.24) is 0 Å². The molecule has 1 heterocycles. The molecule has 1 atom stereocenters. The maximum absolute atomic E-state index is 13.7. The van der Waals surface area contributed by atoms with Gasteiger partial charge in [0.15, 0.2) is 18.0 Å². The first kappa shape index (κ1) is 26.6. The topological polar surface area (TPSA) is 126 Å². The molecule has 0 fully saturated rings. The van der Waals surface area contributed by atoms with Crippen LogP contribution in [0.2, 0.25) is 5.02 Å². The first-order chi connectivity index (χ1) is 17.5. The van der Waals surface area contributed by atoms with Crippen LogP contribution in [0.1, 0.15) is 45.1 Å². The maximum Gasteiger partial charge on any atom is 0.238 e. The number of anilines is 1. The van der Waals surface area contributed by atoms with E-state index in [1.54, 1.807) is 29.2 Å². The summed E-state index contributed by atoms with van der Waals surface area (Å²) in [6.07, 6.45) is 2.13. The van der Waals surface area contributed by atoms with Crippen molar-refractivity contribution in [2.45, 2.75) is 44.4 Å². The number of aliphatic imine (C=N–C) groups is 1.